The van der Waals surface area contributed by atoms with Crippen molar-refractivity contribution in [2.24, 2.45) is 0 Å². The van der Waals surface area contributed by atoms with Gasteiger partial charge in [0, 0.05) is 18.5 Å². The Morgan fingerprint density at radius 2 is 2.16 bits per heavy atom. The van der Waals surface area contributed by atoms with Crippen LogP contribution in [0.2, 0.25) is 0 Å². The van der Waals surface area contributed by atoms with Crippen LogP contribution in [0, 0.1) is 6.92 Å². The first-order valence-electron chi connectivity index (χ1n) is 5.80. The topological polar surface area (TPSA) is 61.2 Å². The second kappa shape index (κ2) is 5.48. The number of carbonyl (C=O) groups is 1. The number of pyridine rings is 2. The molecule has 0 atom stereocenters. The van der Waals surface area contributed by atoms with Crippen LogP contribution >= 0.6 is 0 Å². The first kappa shape index (κ1) is 13.0. The first-order valence-corrected chi connectivity index (χ1v) is 5.80. The maximum absolute atomic E-state index is 11.7. The molecule has 2 aromatic rings. The lowest BCUT2D eigenvalue weighted by Gasteiger charge is -2.06. The monoisotopic (exact) mass is 258 g/mol. The van der Waals surface area contributed by atoms with E-state index in [-0.39, 0.29) is 5.56 Å². The Morgan fingerprint density at radius 3 is 2.74 bits per heavy atom. The molecule has 0 spiro atoms. The molecule has 2 heterocycles. The summed E-state index contributed by atoms with van der Waals surface area (Å²) in [5.74, 6) is -0.424. The summed E-state index contributed by atoms with van der Waals surface area (Å²) in [7, 11) is 1.32. The van der Waals surface area contributed by atoms with Crippen molar-refractivity contribution in [3.05, 3.63) is 63.8 Å². The van der Waals surface area contributed by atoms with Gasteiger partial charge in [-0.25, -0.2) is 4.79 Å². The summed E-state index contributed by atoms with van der Waals surface area (Å²) in [5.41, 5.74) is 1.95. The van der Waals surface area contributed by atoms with E-state index < -0.39 is 5.97 Å². The van der Waals surface area contributed by atoms with Gasteiger partial charge in [-0.1, -0.05) is 0 Å². The molecule has 5 heteroatoms. The lowest BCUT2D eigenvalue weighted by molar-refractivity contribution is 0.0600. The van der Waals surface area contributed by atoms with Crippen LogP contribution in [0.25, 0.3) is 0 Å². The number of esters is 1. The number of carbonyl (C=O) groups excluding carboxylic acids is 1. The van der Waals surface area contributed by atoms with Crippen LogP contribution in [0.15, 0.2) is 41.5 Å². The van der Waals surface area contributed by atoms with E-state index in [4.69, 9.17) is 0 Å². The molecule has 0 aliphatic rings. The highest BCUT2D eigenvalue weighted by molar-refractivity contribution is 5.88. The minimum atomic E-state index is -0.424. The zero-order chi connectivity index (χ0) is 13.8. The zero-order valence-electron chi connectivity index (χ0n) is 10.8. The third kappa shape index (κ3) is 3.07. The number of rotatable bonds is 3. The minimum Gasteiger partial charge on any atom is -0.465 e. The summed E-state index contributed by atoms with van der Waals surface area (Å²) in [6, 6.07) is 6.78. The SMILES string of the molecule is COC(=O)c1ccc(Cn2ccc(C)cc2=O)nc1. The maximum atomic E-state index is 11.7. The van der Waals surface area contributed by atoms with Crippen LogP contribution in [0.5, 0.6) is 0 Å². The lowest BCUT2D eigenvalue weighted by atomic mass is 10.2. The third-order valence-corrected chi connectivity index (χ3v) is 2.73. The molecule has 0 radical (unpaired) electrons. The lowest BCUT2D eigenvalue weighted by Crippen LogP contribution is -2.19. The van der Waals surface area contributed by atoms with Gasteiger partial charge in [0.25, 0.3) is 5.56 Å². The van der Waals surface area contributed by atoms with Crippen LogP contribution in [0.3, 0.4) is 0 Å². The second-order valence-electron chi connectivity index (χ2n) is 4.20. The van der Waals surface area contributed by atoms with E-state index in [0.717, 1.165) is 5.56 Å². The van der Waals surface area contributed by atoms with Gasteiger partial charge in [0.05, 0.1) is 24.9 Å². The molecule has 0 aliphatic carbocycles. The van der Waals surface area contributed by atoms with Gasteiger partial charge in [-0.15, -0.1) is 0 Å². The molecule has 0 fully saturated rings. The molecule has 0 unspecified atom stereocenters. The normalized spacial score (nSPS) is 10.2. The first-order chi connectivity index (χ1) is 9.10. The average Bonchev–Trinajstić information content (AvgIpc) is 2.42. The van der Waals surface area contributed by atoms with Crippen LogP contribution < -0.4 is 5.56 Å². The third-order valence-electron chi connectivity index (χ3n) is 2.73. The molecule has 0 saturated heterocycles. The molecule has 0 aliphatic heterocycles. The second-order valence-corrected chi connectivity index (χ2v) is 4.20. The predicted molar refractivity (Wildman–Crippen MR) is 70.1 cm³/mol. The number of aryl methyl sites for hydroxylation is 1. The highest BCUT2D eigenvalue weighted by Crippen LogP contribution is 2.03. The largest absolute Gasteiger partial charge is 0.465 e. The summed E-state index contributed by atoms with van der Waals surface area (Å²) >= 11 is 0. The van der Waals surface area contributed by atoms with Crippen LogP contribution in [-0.4, -0.2) is 22.6 Å². The van der Waals surface area contributed by atoms with Crippen molar-refractivity contribution in [2.75, 3.05) is 7.11 Å². The molecule has 19 heavy (non-hydrogen) atoms. The highest BCUT2D eigenvalue weighted by Gasteiger charge is 2.06. The summed E-state index contributed by atoms with van der Waals surface area (Å²) in [6.07, 6.45) is 3.17. The number of methoxy groups -OCH3 is 1. The van der Waals surface area contributed by atoms with E-state index in [1.807, 2.05) is 13.0 Å². The number of ether oxygens (including phenoxy) is 1. The molecule has 0 saturated carbocycles. The van der Waals surface area contributed by atoms with E-state index in [2.05, 4.69) is 9.72 Å². The Kier molecular flexibility index (Phi) is 3.75. The van der Waals surface area contributed by atoms with Gasteiger partial charge in [0.15, 0.2) is 0 Å². The quantitative estimate of drug-likeness (QED) is 0.780. The van der Waals surface area contributed by atoms with Crippen molar-refractivity contribution >= 4 is 5.97 Å². The van der Waals surface area contributed by atoms with Gasteiger partial charge < -0.3 is 9.30 Å². The van der Waals surface area contributed by atoms with Crippen LogP contribution in [-0.2, 0) is 11.3 Å². The molecular weight excluding hydrogens is 244 g/mol. The van der Waals surface area contributed by atoms with Crippen molar-refractivity contribution in [2.45, 2.75) is 13.5 Å². The van der Waals surface area contributed by atoms with Gasteiger partial charge in [0.1, 0.15) is 0 Å². The van der Waals surface area contributed by atoms with Crippen LogP contribution in [0.4, 0.5) is 0 Å². The average molecular weight is 258 g/mol. The number of aromatic nitrogens is 2. The summed E-state index contributed by atoms with van der Waals surface area (Å²) in [5, 5.41) is 0. The van der Waals surface area contributed by atoms with Crippen molar-refractivity contribution in [3.63, 3.8) is 0 Å². The van der Waals surface area contributed by atoms with E-state index >= 15 is 0 Å². The number of nitrogens with zero attached hydrogens (tertiary/aromatic N) is 2. The van der Waals surface area contributed by atoms with Crippen molar-refractivity contribution < 1.29 is 9.53 Å². The van der Waals surface area contributed by atoms with E-state index in [9.17, 15) is 9.59 Å². The van der Waals surface area contributed by atoms with E-state index in [0.29, 0.717) is 17.8 Å². The fourth-order valence-corrected chi connectivity index (χ4v) is 1.67. The predicted octanol–water partition coefficient (Wildman–Crippen LogP) is 1.39. The summed E-state index contributed by atoms with van der Waals surface area (Å²) in [6.45, 7) is 2.25. The highest BCUT2D eigenvalue weighted by atomic mass is 16.5. The molecular formula is C14H14N2O3. The van der Waals surface area contributed by atoms with Gasteiger partial charge in [-0.3, -0.25) is 9.78 Å². The Bertz CT molecular complexity index is 644. The standard InChI is InChI=1S/C14H14N2O3/c1-10-5-6-16(13(17)7-10)9-12-4-3-11(8-15-12)14(18)19-2/h3-8H,9H2,1-2H3. The van der Waals surface area contributed by atoms with Gasteiger partial charge >= 0.3 is 5.97 Å². The van der Waals surface area contributed by atoms with Crippen molar-refractivity contribution in [3.8, 4) is 0 Å². The minimum absolute atomic E-state index is 0.0705. The molecule has 2 rings (SSSR count). The van der Waals surface area contributed by atoms with E-state index in [1.54, 1.807) is 29.0 Å². The van der Waals surface area contributed by atoms with Gasteiger partial charge in [-0.05, 0) is 30.7 Å². The molecule has 0 amide bonds. The molecule has 0 aromatic carbocycles. The van der Waals surface area contributed by atoms with Crippen molar-refractivity contribution in [1.82, 2.24) is 9.55 Å². The molecule has 5 nitrogen and oxygen atoms in total. The van der Waals surface area contributed by atoms with Crippen molar-refractivity contribution in [1.29, 1.82) is 0 Å². The van der Waals surface area contributed by atoms with E-state index in [1.165, 1.54) is 13.3 Å². The maximum Gasteiger partial charge on any atom is 0.339 e. The molecule has 98 valence electrons. The Hall–Kier alpha value is -2.43. The fraction of sp³-hybridized carbons (Fsp3) is 0.214. The number of hydrogen-bond acceptors (Lipinski definition) is 4. The molecule has 0 bridgehead atoms. The fourth-order valence-electron chi connectivity index (χ4n) is 1.67. The zero-order valence-corrected chi connectivity index (χ0v) is 10.8. The molecule has 2 aromatic heterocycles. The molecule has 0 N–H and O–H groups in total. The Balaban J connectivity index is 2.20. The summed E-state index contributed by atoms with van der Waals surface area (Å²) < 4.78 is 6.16. The summed E-state index contributed by atoms with van der Waals surface area (Å²) in [4.78, 5) is 27.1. The van der Waals surface area contributed by atoms with Gasteiger partial charge in [0.2, 0.25) is 0 Å². The van der Waals surface area contributed by atoms with Crippen LogP contribution in [0.1, 0.15) is 21.6 Å². The van der Waals surface area contributed by atoms with Gasteiger partial charge in [-0.2, -0.15) is 0 Å². The Morgan fingerprint density at radius 1 is 1.37 bits per heavy atom. The smallest absolute Gasteiger partial charge is 0.339 e. The number of hydrogen-bond donors (Lipinski definition) is 0. The Labute approximate surface area is 110 Å².